The average molecular weight is 1420 g/mol. The number of fused-ring (bicyclic) bond motifs is 21. The molecule has 0 saturated carbocycles. The summed E-state index contributed by atoms with van der Waals surface area (Å²) in [5.41, 5.74) is 17.9. The molecular weight excluding hydrogens is 1360 g/mol. The number of rotatable bonds is 0. The number of hydrogen-bond acceptors (Lipinski definition) is 17. The maximum atomic E-state index is 12.0. The van der Waals surface area contributed by atoms with Crippen LogP contribution in [-0.2, 0) is 0 Å². The predicted octanol–water partition coefficient (Wildman–Crippen LogP) is 17.3. The van der Waals surface area contributed by atoms with Gasteiger partial charge in [-0.3, -0.25) is 33.6 Å². The monoisotopic (exact) mass is 1420 g/mol. The number of phenols is 10. The molecule has 0 fully saturated rings. The maximum absolute atomic E-state index is 12.0. The summed E-state index contributed by atoms with van der Waals surface area (Å²) in [7, 11) is 0. The van der Waals surface area contributed by atoms with Crippen LogP contribution in [0, 0.1) is 0 Å². The molecule has 0 aromatic heterocycles. The molecular formula is C91H56O17. The van der Waals surface area contributed by atoms with Crippen LogP contribution < -0.4 is 0 Å². The number of benzene rings is 14. The zero-order chi connectivity index (χ0) is 75.5. The second kappa shape index (κ2) is 27.5. The van der Waals surface area contributed by atoms with E-state index in [-0.39, 0.29) is 115 Å². The van der Waals surface area contributed by atoms with Crippen LogP contribution in [-0.4, -0.2) is 91.5 Å². The van der Waals surface area contributed by atoms with Gasteiger partial charge in [0.25, 0.3) is 0 Å². The molecule has 0 bridgehead atoms. The Bertz CT molecular complexity index is 6170. The first-order valence-electron chi connectivity index (χ1n) is 33.6. The first-order chi connectivity index (χ1) is 52.2. The standard InChI is InChI=1S/3C13H8O3.4C13H8O2/c14-9-5-2-4-8-11(9)7-3-1-6-10(15)12(7)13(8)16;14-9-5-1-3-7-8-4-2-6-10(15)12(8)13(16)11(7)9;14-7-4-5-8-9-2-1-3-11(15)12(9)13(16)10(8)6-7;14-11-7-3-6-9-8-4-1-2-5-10(8)13(15)12(9)11;14-11-7-3-6-10-12(11)8-4-1-2-5-9(8)13(10)15;14-8-5-6-10-9-3-1-2-4-11(9)13(15)12(10)7-8;14-8-5-6-11-12(7-8)9-3-1-2-4-10(9)13(11)15/h3*1-6,14-15H;4*1-7,14H. The molecule has 108 heavy (non-hydrogen) atoms. The van der Waals surface area contributed by atoms with Gasteiger partial charge in [-0.2, -0.15) is 0 Å². The minimum atomic E-state index is -0.318. The van der Waals surface area contributed by atoms with Crippen molar-refractivity contribution in [1.82, 2.24) is 0 Å². The smallest absolute Gasteiger partial charge is 0.201 e. The molecule has 17 nitrogen and oxygen atoms in total. The van der Waals surface area contributed by atoms with E-state index >= 15 is 0 Å². The number of aromatic hydroxyl groups is 10. The van der Waals surface area contributed by atoms with Gasteiger partial charge < -0.3 is 51.1 Å². The molecule has 522 valence electrons. The van der Waals surface area contributed by atoms with Gasteiger partial charge >= 0.3 is 0 Å². The van der Waals surface area contributed by atoms with Crippen molar-refractivity contribution in [2.45, 2.75) is 0 Å². The zero-order valence-corrected chi connectivity index (χ0v) is 56.4. The fraction of sp³-hybridized carbons (Fsp3) is 0. The van der Waals surface area contributed by atoms with E-state index in [1.165, 1.54) is 48.5 Å². The Morgan fingerprint density at radius 2 is 0.333 bits per heavy atom. The second-order valence-corrected chi connectivity index (χ2v) is 25.6. The van der Waals surface area contributed by atoms with Crippen LogP contribution >= 0.6 is 0 Å². The molecule has 21 rings (SSSR count). The van der Waals surface area contributed by atoms with E-state index in [1.54, 1.807) is 140 Å². The van der Waals surface area contributed by atoms with Gasteiger partial charge in [0.05, 0.1) is 27.8 Å². The van der Waals surface area contributed by atoms with Crippen LogP contribution in [0.15, 0.2) is 279 Å². The summed E-state index contributed by atoms with van der Waals surface area (Å²) < 4.78 is 0. The van der Waals surface area contributed by atoms with Crippen LogP contribution in [0.25, 0.3) is 77.9 Å². The van der Waals surface area contributed by atoms with Crippen LogP contribution in [0.1, 0.15) is 111 Å². The molecule has 14 aromatic rings. The molecule has 17 heteroatoms. The lowest BCUT2D eigenvalue weighted by Gasteiger charge is -2.02. The fourth-order valence-electron chi connectivity index (χ4n) is 14.5. The topological polar surface area (TPSA) is 322 Å². The maximum Gasteiger partial charge on any atom is 0.201 e. The van der Waals surface area contributed by atoms with Gasteiger partial charge in [0.1, 0.15) is 57.5 Å². The first-order valence-corrected chi connectivity index (χ1v) is 33.6. The highest BCUT2D eigenvalue weighted by molar-refractivity contribution is 6.28. The summed E-state index contributed by atoms with van der Waals surface area (Å²) in [5.74, 6) is -0.304. The van der Waals surface area contributed by atoms with Crippen molar-refractivity contribution in [3.63, 3.8) is 0 Å². The van der Waals surface area contributed by atoms with Crippen molar-refractivity contribution in [3.8, 4) is 135 Å². The molecule has 0 atom stereocenters. The van der Waals surface area contributed by atoms with E-state index in [1.807, 2.05) is 91.0 Å². The van der Waals surface area contributed by atoms with Crippen molar-refractivity contribution >= 4 is 40.5 Å². The lowest BCUT2D eigenvalue weighted by molar-refractivity contribution is 0.103. The van der Waals surface area contributed by atoms with Crippen LogP contribution in [0.2, 0.25) is 0 Å². The molecule has 7 aliphatic carbocycles. The van der Waals surface area contributed by atoms with E-state index in [4.69, 9.17) is 0 Å². The van der Waals surface area contributed by atoms with Crippen molar-refractivity contribution in [2.75, 3.05) is 0 Å². The third kappa shape index (κ3) is 11.7. The van der Waals surface area contributed by atoms with E-state index in [2.05, 4.69) is 0 Å². The molecule has 0 unspecified atom stereocenters. The molecule has 10 N–H and O–H groups in total. The highest BCUT2D eigenvalue weighted by Crippen LogP contribution is 2.49. The van der Waals surface area contributed by atoms with Gasteiger partial charge in [-0.1, -0.05) is 182 Å². The summed E-state index contributed by atoms with van der Waals surface area (Å²) in [4.78, 5) is 83.7. The molecule has 0 spiro atoms. The van der Waals surface area contributed by atoms with E-state index < -0.39 is 0 Å². The summed E-state index contributed by atoms with van der Waals surface area (Å²) in [5, 5.41) is 95.9. The fourth-order valence-corrected chi connectivity index (χ4v) is 14.5. The van der Waals surface area contributed by atoms with Gasteiger partial charge in [-0.25, -0.2) is 0 Å². The van der Waals surface area contributed by atoms with E-state index in [0.29, 0.717) is 77.9 Å². The van der Waals surface area contributed by atoms with Crippen LogP contribution in [0.3, 0.4) is 0 Å². The third-order valence-corrected chi connectivity index (χ3v) is 19.3. The lowest BCUT2D eigenvalue weighted by Crippen LogP contribution is -1.95. The molecule has 0 saturated heterocycles. The van der Waals surface area contributed by atoms with Gasteiger partial charge in [-0.15, -0.1) is 0 Å². The normalized spacial score (nSPS) is 12.4. The minimum Gasteiger partial charge on any atom is -0.508 e. The number of ketones is 7. The van der Waals surface area contributed by atoms with Crippen molar-refractivity contribution < 1.29 is 84.6 Å². The molecule has 0 heterocycles. The quantitative estimate of drug-likeness (QED) is 0.0674. The summed E-state index contributed by atoms with van der Waals surface area (Å²) in [6.45, 7) is 0. The Hall–Kier alpha value is -15.2. The highest BCUT2D eigenvalue weighted by Gasteiger charge is 2.36. The molecule has 0 amide bonds. The number of phenolic OH excluding ortho intramolecular Hbond substituents is 10. The van der Waals surface area contributed by atoms with E-state index in [9.17, 15) is 84.6 Å². The zero-order valence-electron chi connectivity index (χ0n) is 56.4. The number of hydrogen-bond donors (Lipinski definition) is 10. The predicted molar refractivity (Wildman–Crippen MR) is 404 cm³/mol. The Balaban J connectivity index is 0.000000101. The van der Waals surface area contributed by atoms with Gasteiger partial charge in [0, 0.05) is 66.8 Å². The first kappa shape index (κ1) is 68.5. The molecule has 7 aliphatic rings. The Kier molecular flexibility index (Phi) is 17.5. The Morgan fingerprint density at radius 3 is 0.769 bits per heavy atom. The molecule has 0 aliphatic heterocycles. The number of carbonyl (C=O) groups excluding carboxylic acids is 7. The second-order valence-electron chi connectivity index (χ2n) is 25.6. The largest absolute Gasteiger partial charge is 0.508 e. The molecule has 0 radical (unpaired) electrons. The number of carbonyl (C=O) groups is 7. The van der Waals surface area contributed by atoms with Crippen molar-refractivity contribution in [3.05, 3.63) is 357 Å². The van der Waals surface area contributed by atoms with E-state index in [0.717, 1.165) is 61.2 Å². The van der Waals surface area contributed by atoms with Crippen molar-refractivity contribution in [1.29, 1.82) is 0 Å². The van der Waals surface area contributed by atoms with Crippen LogP contribution in [0.4, 0.5) is 0 Å². The summed E-state index contributed by atoms with van der Waals surface area (Å²) in [6.07, 6.45) is 0. The summed E-state index contributed by atoms with van der Waals surface area (Å²) in [6, 6.07) is 78.8. The Labute approximate surface area is 614 Å². The van der Waals surface area contributed by atoms with Gasteiger partial charge in [0.2, 0.25) is 5.78 Å². The highest BCUT2D eigenvalue weighted by atomic mass is 16.3. The summed E-state index contributed by atoms with van der Waals surface area (Å²) >= 11 is 0. The SMILES string of the molecule is O=C1c2c(O)cccc2-c2cccc(O)c21.O=C1c2cc(O)ccc2-c2cccc(O)c21.O=C1c2cccc(O)c2-c2cccc(O)c21.O=C1c2ccccc2-c2c(O)cccc21.O=C1c2ccccc2-c2cc(O)ccc21.O=C1c2ccccc2-c2ccc(O)cc21.O=C1c2ccccc2-c2cccc(O)c21. The van der Waals surface area contributed by atoms with Gasteiger partial charge in [0.15, 0.2) is 34.7 Å². The van der Waals surface area contributed by atoms with Crippen molar-refractivity contribution in [2.24, 2.45) is 0 Å². The average Bonchev–Trinajstić information content (AvgIpc) is 1.56. The van der Waals surface area contributed by atoms with Gasteiger partial charge in [-0.05, 0) is 158 Å². The minimum absolute atomic E-state index is 0.00324. The van der Waals surface area contributed by atoms with Crippen LogP contribution in [0.5, 0.6) is 57.5 Å². The Morgan fingerprint density at radius 1 is 0.130 bits per heavy atom. The lowest BCUT2D eigenvalue weighted by atomic mass is 10.0. The third-order valence-electron chi connectivity index (χ3n) is 19.3. The molecule has 14 aromatic carbocycles.